The van der Waals surface area contributed by atoms with E-state index in [1.54, 1.807) is 32.0 Å². The molecule has 0 aliphatic carbocycles. The molecule has 0 unspecified atom stereocenters. The first-order valence-electron chi connectivity index (χ1n) is 7.19. The average molecular weight is 341 g/mol. The van der Waals surface area contributed by atoms with E-state index >= 15 is 0 Å². The molecule has 0 fully saturated rings. The van der Waals surface area contributed by atoms with E-state index in [-0.39, 0.29) is 12.1 Å². The molecule has 0 amide bonds. The van der Waals surface area contributed by atoms with Crippen LogP contribution in [0.1, 0.15) is 22.6 Å². The third-order valence-electron chi connectivity index (χ3n) is 3.75. The molecule has 24 heavy (non-hydrogen) atoms. The van der Waals surface area contributed by atoms with Crippen LogP contribution in [0, 0.1) is 25.2 Å². The summed E-state index contributed by atoms with van der Waals surface area (Å²) in [5.41, 5.74) is 2.37. The monoisotopic (exact) mass is 340 g/mol. The van der Waals surface area contributed by atoms with Crippen molar-refractivity contribution in [3.63, 3.8) is 0 Å². The Balaban J connectivity index is 1.94. The van der Waals surface area contributed by atoms with Gasteiger partial charge in [0, 0.05) is 16.7 Å². The first kappa shape index (κ1) is 16.0. The molecule has 0 saturated carbocycles. The summed E-state index contributed by atoms with van der Waals surface area (Å²) in [6.45, 7) is 3.57. The molecule has 7 heteroatoms. The summed E-state index contributed by atoms with van der Waals surface area (Å²) in [4.78, 5) is 12.3. The highest BCUT2D eigenvalue weighted by Crippen LogP contribution is 2.21. The fourth-order valence-electron chi connectivity index (χ4n) is 2.30. The van der Waals surface area contributed by atoms with Crippen molar-refractivity contribution in [1.29, 1.82) is 5.26 Å². The van der Waals surface area contributed by atoms with Gasteiger partial charge in [-0.25, -0.2) is 4.68 Å². The average Bonchev–Trinajstić information content (AvgIpc) is 3.02. The second kappa shape index (κ2) is 6.30. The Bertz CT molecular complexity index is 997. The molecule has 0 spiro atoms. The minimum atomic E-state index is -0.440. The van der Waals surface area contributed by atoms with Gasteiger partial charge in [-0.1, -0.05) is 28.9 Å². The largest absolute Gasteiger partial charge is 0.359 e. The number of rotatable bonds is 3. The molecule has 0 aliphatic rings. The van der Waals surface area contributed by atoms with Crippen molar-refractivity contribution in [3.8, 4) is 17.3 Å². The predicted octanol–water partition coefficient (Wildman–Crippen LogP) is 3.09. The van der Waals surface area contributed by atoms with E-state index in [4.69, 9.17) is 21.4 Å². The molecule has 3 aromatic rings. The third-order valence-corrected chi connectivity index (χ3v) is 4.01. The zero-order valence-electron chi connectivity index (χ0n) is 13.1. The SMILES string of the molecule is Cc1nn(Cc2cc(-c3ccc(Cl)cc3)no2)c(=O)c(C#N)c1C. The van der Waals surface area contributed by atoms with Crippen LogP contribution in [0.5, 0.6) is 0 Å². The zero-order chi connectivity index (χ0) is 17.3. The van der Waals surface area contributed by atoms with E-state index < -0.39 is 5.56 Å². The van der Waals surface area contributed by atoms with Crippen LogP contribution < -0.4 is 5.56 Å². The van der Waals surface area contributed by atoms with Crippen LogP contribution in [0.2, 0.25) is 5.02 Å². The van der Waals surface area contributed by atoms with E-state index in [0.29, 0.717) is 27.7 Å². The van der Waals surface area contributed by atoms with E-state index in [0.717, 1.165) is 5.56 Å². The summed E-state index contributed by atoms with van der Waals surface area (Å²) in [6, 6.07) is 10.9. The summed E-state index contributed by atoms with van der Waals surface area (Å²) < 4.78 is 6.50. The predicted molar refractivity (Wildman–Crippen MR) is 88.7 cm³/mol. The molecule has 0 aliphatic heterocycles. The summed E-state index contributed by atoms with van der Waals surface area (Å²) in [5, 5.41) is 18.0. The van der Waals surface area contributed by atoms with Crippen LogP contribution in [0.3, 0.4) is 0 Å². The maximum absolute atomic E-state index is 12.3. The van der Waals surface area contributed by atoms with Crippen molar-refractivity contribution in [2.45, 2.75) is 20.4 Å². The lowest BCUT2D eigenvalue weighted by atomic mass is 10.1. The number of aromatic nitrogens is 3. The first-order valence-corrected chi connectivity index (χ1v) is 7.57. The van der Waals surface area contributed by atoms with Gasteiger partial charge in [-0.05, 0) is 31.5 Å². The van der Waals surface area contributed by atoms with Gasteiger partial charge in [-0.3, -0.25) is 4.79 Å². The van der Waals surface area contributed by atoms with Gasteiger partial charge in [-0.2, -0.15) is 10.4 Å². The second-order valence-electron chi connectivity index (χ2n) is 5.35. The molecule has 2 heterocycles. The Labute approximate surface area is 142 Å². The Morgan fingerprint density at radius 2 is 2.00 bits per heavy atom. The number of benzene rings is 1. The van der Waals surface area contributed by atoms with Gasteiger partial charge in [0.05, 0.1) is 5.69 Å². The van der Waals surface area contributed by atoms with Gasteiger partial charge in [0.2, 0.25) is 0 Å². The maximum Gasteiger partial charge on any atom is 0.285 e. The summed E-state index contributed by atoms with van der Waals surface area (Å²) in [5.74, 6) is 0.474. The number of aryl methyl sites for hydroxylation is 1. The Kier molecular flexibility index (Phi) is 4.19. The highest BCUT2D eigenvalue weighted by atomic mass is 35.5. The minimum Gasteiger partial charge on any atom is -0.359 e. The molecular formula is C17H13ClN4O2. The number of halogens is 1. The number of hydrogen-bond donors (Lipinski definition) is 0. The molecule has 0 radical (unpaired) electrons. The molecule has 120 valence electrons. The standard InChI is InChI=1S/C17H13ClN4O2/c1-10-11(2)20-22(17(23)15(10)8-19)9-14-7-16(21-24-14)12-3-5-13(18)6-4-12/h3-7H,9H2,1-2H3. The fourth-order valence-corrected chi connectivity index (χ4v) is 2.43. The summed E-state index contributed by atoms with van der Waals surface area (Å²) in [6.07, 6.45) is 0. The van der Waals surface area contributed by atoms with Crippen molar-refractivity contribution in [3.05, 3.63) is 68.3 Å². The van der Waals surface area contributed by atoms with Gasteiger partial charge >= 0.3 is 0 Å². The number of nitriles is 1. The van der Waals surface area contributed by atoms with Crippen LogP contribution in [-0.2, 0) is 6.54 Å². The highest BCUT2D eigenvalue weighted by molar-refractivity contribution is 6.30. The van der Waals surface area contributed by atoms with Gasteiger partial charge in [0.25, 0.3) is 5.56 Å². The Hall–Kier alpha value is -2.91. The molecule has 1 aromatic carbocycles. The van der Waals surface area contributed by atoms with Crippen molar-refractivity contribution in [2.24, 2.45) is 0 Å². The first-order chi connectivity index (χ1) is 11.5. The van der Waals surface area contributed by atoms with E-state index in [1.165, 1.54) is 4.68 Å². The van der Waals surface area contributed by atoms with Gasteiger partial charge < -0.3 is 4.52 Å². The molecule has 2 aromatic heterocycles. The topological polar surface area (TPSA) is 84.7 Å². The zero-order valence-corrected chi connectivity index (χ0v) is 13.8. The fraction of sp³-hybridized carbons (Fsp3) is 0.176. The number of hydrogen-bond acceptors (Lipinski definition) is 5. The van der Waals surface area contributed by atoms with Gasteiger partial charge in [0.15, 0.2) is 5.76 Å². The Morgan fingerprint density at radius 3 is 2.67 bits per heavy atom. The Morgan fingerprint density at radius 1 is 1.29 bits per heavy atom. The lowest BCUT2D eigenvalue weighted by Crippen LogP contribution is -2.27. The molecule has 3 rings (SSSR count). The van der Waals surface area contributed by atoms with E-state index in [1.807, 2.05) is 18.2 Å². The molecule has 6 nitrogen and oxygen atoms in total. The summed E-state index contributed by atoms with van der Waals surface area (Å²) in [7, 11) is 0. The molecular weight excluding hydrogens is 328 g/mol. The lowest BCUT2D eigenvalue weighted by Gasteiger charge is -2.06. The highest BCUT2D eigenvalue weighted by Gasteiger charge is 2.14. The third kappa shape index (κ3) is 2.94. The molecule has 0 atom stereocenters. The van der Waals surface area contributed by atoms with Crippen LogP contribution in [0.4, 0.5) is 0 Å². The van der Waals surface area contributed by atoms with Crippen molar-refractivity contribution < 1.29 is 4.52 Å². The summed E-state index contributed by atoms with van der Waals surface area (Å²) >= 11 is 5.87. The van der Waals surface area contributed by atoms with Crippen molar-refractivity contribution in [2.75, 3.05) is 0 Å². The lowest BCUT2D eigenvalue weighted by molar-refractivity contribution is 0.369. The van der Waals surface area contributed by atoms with E-state index in [9.17, 15) is 4.79 Å². The van der Waals surface area contributed by atoms with Crippen LogP contribution >= 0.6 is 11.6 Å². The quantitative estimate of drug-likeness (QED) is 0.731. The second-order valence-corrected chi connectivity index (χ2v) is 5.78. The maximum atomic E-state index is 12.3. The van der Waals surface area contributed by atoms with Gasteiger partial charge in [-0.15, -0.1) is 0 Å². The smallest absolute Gasteiger partial charge is 0.285 e. The van der Waals surface area contributed by atoms with Crippen LogP contribution in [0.25, 0.3) is 11.3 Å². The van der Waals surface area contributed by atoms with Crippen molar-refractivity contribution >= 4 is 11.6 Å². The minimum absolute atomic E-state index is 0.0972. The molecule has 0 bridgehead atoms. The molecule has 0 N–H and O–H groups in total. The van der Waals surface area contributed by atoms with E-state index in [2.05, 4.69) is 10.3 Å². The molecule has 0 saturated heterocycles. The van der Waals surface area contributed by atoms with Crippen LogP contribution in [0.15, 0.2) is 39.6 Å². The van der Waals surface area contributed by atoms with Gasteiger partial charge in [0.1, 0.15) is 23.9 Å². The number of nitrogens with zero attached hydrogens (tertiary/aromatic N) is 4. The van der Waals surface area contributed by atoms with Crippen LogP contribution in [-0.4, -0.2) is 14.9 Å². The van der Waals surface area contributed by atoms with Crippen molar-refractivity contribution in [1.82, 2.24) is 14.9 Å². The normalized spacial score (nSPS) is 10.6.